The Morgan fingerprint density at radius 3 is 2.59 bits per heavy atom. The van der Waals surface area contributed by atoms with Crippen LogP contribution in [0.3, 0.4) is 0 Å². The summed E-state index contributed by atoms with van der Waals surface area (Å²) in [6.07, 6.45) is 0.819. The molecule has 3 N–H and O–H groups in total. The van der Waals surface area contributed by atoms with E-state index in [1.165, 1.54) is 7.05 Å². The second-order valence-corrected chi connectivity index (χ2v) is 3.27. The summed E-state index contributed by atoms with van der Waals surface area (Å²) in [6.45, 7) is 3.77. The van der Waals surface area contributed by atoms with Gasteiger partial charge in [-0.3, -0.25) is 4.99 Å². The quantitative estimate of drug-likeness (QED) is 0.596. The Morgan fingerprint density at radius 2 is 2.12 bits per heavy atom. The minimum Gasteiger partial charge on any atom is -0.376 e. The summed E-state index contributed by atoms with van der Waals surface area (Å²) in [5.41, 5.74) is 7.08. The molecule has 0 saturated heterocycles. The van der Waals surface area contributed by atoms with E-state index in [1.807, 2.05) is 37.2 Å². The Morgan fingerprint density at radius 1 is 1.47 bits per heavy atom. The molecule has 1 aromatic rings. The van der Waals surface area contributed by atoms with Gasteiger partial charge in [-0.15, -0.1) is 0 Å². The van der Waals surface area contributed by atoms with Gasteiger partial charge in [-0.05, 0) is 25.9 Å². The van der Waals surface area contributed by atoms with Gasteiger partial charge in [-0.25, -0.2) is 0 Å². The zero-order valence-corrected chi connectivity index (χ0v) is 10.6. The maximum absolute atomic E-state index is 10.3. The fourth-order valence-electron chi connectivity index (χ4n) is 1.36. The zero-order valence-electron chi connectivity index (χ0n) is 10.6. The van der Waals surface area contributed by atoms with Gasteiger partial charge in [0.15, 0.2) is 0 Å². The van der Waals surface area contributed by atoms with E-state index in [1.54, 1.807) is 0 Å². The van der Waals surface area contributed by atoms with Crippen molar-refractivity contribution in [3.63, 3.8) is 0 Å². The molecule has 0 atom stereocenters. The van der Waals surface area contributed by atoms with Crippen LogP contribution in [0.4, 0.5) is 17.1 Å². The number of aliphatic imine (C=N–C) groups is 1. The first kappa shape index (κ1) is 15.1. The Labute approximate surface area is 102 Å². The first-order valence-corrected chi connectivity index (χ1v) is 5.23. The number of anilines is 2. The number of carbonyl (C=O) groups is 1. The van der Waals surface area contributed by atoms with Gasteiger partial charge in [0.2, 0.25) is 0 Å². The second kappa shape index (κ2) is 8.29. The largest absolute Gasteiger partial charge is 0.376 e. The van der Waals surface area contributed by atoms with Crippen LogP contribution in [0.15, 0.2) is 23.2 Å². The lowest BCUT2D eigenvalue weighted by Gasteiger charge is -2.19. The molecule has 0 saturated carbocycles. The number of hydrogen-bond acceptors (Lipinski definition) is 5. The van der Waals surface area contributed by atoms with Crippen LogP contribution >= 0.6 is 0 Å². The molecule has 5 heteroatoms. The highest BCUT2D eigenvalue weighted by molar-refractivity contribution is 5.83. The number of rotatable bonds is 5. The smallest absolute Gasteiger partial charge is 0.139 e. The molecule has 0 aliphatic rings. The van der Waals surface area contributed by atoms with Crippen molar-refractivity contribution in [2.45, 2.75) is 0 Å². The molecule has 0 fully saturated rings. The molecule has 17 heavy (non-hydrogen) atoms. The van der Waals surface area contributed by atoms with Crippen molar-refractivity contribution in [3.8, 4) is 0 Å². The summed E-state index contributed by atoms with van der Waals surface area (Å²) >= 11 is 0. The minimum absolute atomic E-state index is 0.271. The summed E-state index contributed by atoms with van der Waals surface area (Å²) < 4.78 is 0. The number of para-hydroxylation sites is 1. The Hall–Kier alpha value is -1.88. The average Bonchev–Trinajstić information content (AvgIpc) is 2.38. The highest BCUT2D eigenvalue weighted by Gasteiger charge is 2.07. The van der Waals surface area contributed by atoms with Crippen LogP contribution in [0.2, 0.25) is 0 Å². The third kappa shape index (κ3) is 4.24. The first-order valence-electron chi connectivity index (χ1n) is 5.23. The van der Waals surface area contributed by atoms with E-state index in [2.05, 4.69) is 22.8 Å². The molecule has 0 radical (unpaired) electrons. The lowest BCUT2D eigenvalue weighted by molar-refractivity contribution is -0.106. The highest BCUT2D eigenvalue weighted by atomic mass is 16.1. The molecule has 1 rings (SSSR count). The second-order valence-electron chi connectivity index (χ2n) is 3.27. The van der Waals surface area contributed by atoms with Crippen molar-refractivity contribution in [2.24, 2.45) is 10.7 Å². The zero-order chi connectivity index (χ0) is 13.3. The predicted molar refractivity (Wildman–Crippen MR) is 74.6 cm³/mol. The van der Waals surface area contributed by atoms with Gasteiger partial charge >= 0.3 is 0 Å². The Balaban J connectivity index is 0.00000121. The number of carbonyl (C=O) groups excluding carboxylic acids is 1. The van der Waals surface area contributed by atoms with Gasteiger partial charge in [0.25, 0.3) is 0 Å². The van der Waals surface area contributed by atoms with Crippen LogP contribution < -0.4 is 16.0 Å². The number of nitrogens with one attached hydrogen (secondary N) is 1. The van der Waals surface area contributed by atoms with Crippen LogP contribution in [-0.4, -0.2) is 40.7 Å². The van der Waals surface area contributed by atoms with E-state index in [9.17, 15) is 4.79 Å². The van der Waals surface area contributed by atoms with Crippen molar-refractivity contribution in [1.29, 1.82) is 0 Å². The highest BCUT2D eigenvalue weighted by Crippen LogP contribution is 2.33. The molecule has 0 aliphatic carbocycles. The van der Waals surface area contributed by atoms with Gasteiger partial charge in [-0.1, -0.05) is 6.07 Å². The van der Waals surface area contributed by atoms with E-state index in [0.29, 0.717) is 0 Å². The summed E-state index contributed by atoms with van der Waals surface area (Å²) in [5, 5.41) is 3.02. The summed E-state index contributed by atoms with van der Waals surface area (Å²) in [7, 11) is 5.38. The van der Waals surface area contributed by atoms with Crippen molar-refractivity contribution in [2.75, 3.05) is 37.9 Å². The standard InChI is InChI=1S/C11H15N3O.CH5N/c1-12-9-5-4-6-10(14(2)3)11(9)13-7-8-15;1-2/h4-6,8,13H,1,7H2,2-3H3;2H2,1H3. The number of nitrogens with two attached hydrogens (primary N) is 1. The molecule has 0 unspecified atom stereocenters. The lowest BCUT2D eigenvalue weighted by atomic mass is 10.2. The maximum Gasteiger partial charge on any atom is 0.139 e. The van der Waals surface area contributed by atoms with Gasteiger partial charge < -0.3 is 20.7 Å². The van der Waals surface area contributed by atoms with Crippen molar-refractivity contribution < 1.29 is 4.79 Å². The summed E-state index contributed by atoms with van der Waals surface area (Å²) in [4.78, 5) is 16.2. The average molecular weight is 236 g/mol. The van der Waals surface area contributed by atoms with Gasteiger partial charge in [-0.2, -0.15) is 0 Å². The number of nitrogens with zero attached hydrogens (tertiary/aromatic N) is 2. The van der Waals surface area contributed by atoms with E-state index in [-0.39, 0.29) is 6.54 Å². The van der Waals surface area contributed by atoms with E-state index >= 15 is 0 Å². The van der Waals surface area contributed by atoms with E-state index < -0.39 is 0 Å². The van der Waals surface area contributed by atoms with Crippen molar-refractivity contribution in [1.82, 2.24) is 0 Å². The molecule has 0 bridgehead atoms. The van der Waals surface area contributed by atoms with Crippen LogP contribution in [0.25, 0.3) is 0 Å². The van der Waals surface area contributed by atoms with E-state index in [4.69, 9.17) is 0 Å². The molecule has 0 aromatic heterocycles. The van der Waals surface area contributed by atoms with E-state index in [0.717, 1.165) is 23.3 Å². The predicted octanol–water partition coefficient (Wildman–Crippen LogP) is 1.27. The molecule has 0 aliphatic heterocycles. The molecule has 5 nitrogen and oxygen atoms in total. The molecule has 94 valence electrons. The Kier molecular flexibility index (Phi) is 7.38. The topological polar surface area (TPSA) is 70.7 Å². The van der Waals surface area contributed by atoms with Gasteiger partial charge in [0.1, 0.15) is 6.29 Å². The van der Waals surface area contributed by atoms with Crippen molar-refractivity contribution >= 4 is 30.1 Å². The van der Waals surface area contributed by atoms with Crippen LogP contribution in [-0.2, 0) is 4.79 Å². The van der Waals surface area contributed by atoms with Gasteiger partial charge in [0, 0.05) is 14.1 Å². The number of hydrogen-bond donors (Lipinski definition) is 2. The number of benzene rings is 1. The fraction of sp³-hybridized carbons (Fsp3) is 0.333. The van der Waals surface area contributed by atoms with Crippen molar-refractivity contribution in [3.05, 3.63) is 18.2 Å². The molecule has 1 aromatic carbocycles. The molecule has 0 amide bonds. The van der Waals surface area contributed by atoms with Gasteiger partial charge in [0.05, 0.1) is 23.6 Å². The Bertz CT molecular complexity index is 364. The van der Waals surface area contributed by atoms with Crippen LogP contribution in [0, 0.1) is 0 Å². The fourth-order valence-corrected chi connectivity index (χ4v) is 1.36. The molecular weight excluding hydrogens is 216 g/mol. The molecule has 0 heterocycles. The maximum atomic E-state index is 10.3. The third-order valence-corrected chi connectivity index (χ3v) is 2.03. The normalized spacial score (nSPS) is 8.71. The number of aldehydes is 1. The SMILES string of the molecule is C=Nc1cccc(N(C)C)c1NCC=O.CN. The summed E-state index contributed by atoms with van der Waals surface area (Å²) in [6, 6.07) is 5.72. The molecular formula is C12H20N4O. The summed E-state index contributed by atoms with van der Waals surface area (Å²) in [5.74, 6) is 0. The van der Waals surface area contributed by atoms with Crippen LogP contribution in [0.5, 0.6) is 0 Å². The lowest BCUT2D eigenvalue weighted by Crippen LogP contribution is -2.13. The monoisotopic (exact) mass is 236 g/mol. The van der Waals surface area contributed by atoms with Crippen LogP contribution in [0.1, 0.15) is 0 Å². The molecule has 0 spiro atoms. The minimum atomic E-state index is 0.271. The third-order valence-electron chi connectivity index (χ3n) is 2.03. The first-order chi connectivity index (χ1) is 8.20.